The molecule has 0 fully saturated rings. The second-order valence-corrected chi connectivity index (χ2v) is 5.84. The first-order chi connectivity index (χ1) is 9.03. The number of aromatic amines is 1. The van der Waals surface area contributed by atoms with E-state index in [1.807, 2.05) is 0 Å². The Hall–Kier alpha value is -1.64. The Labute approximate surface area is 110 Å². The number of aliphatic hydroxyl groups is 1. The predicted molar refractivity (Wildman–Crippen MR) is 66.7 cm³/mol. The molecule has 0 radical (unpaired) electrons. The summed E-state index contributed by atoms with van der Waals surface area (Å²) in [6.07, 6.45) is 3.26. The van der Waals surface area contributed by atoms with Crippen LogP contribution in [0.1, 0.15) is 18.2 Å². The Morgan fingerprint density at radius 3 is 3.00 bits per heavy atom. The van der Waals surface area contributed by atoms with E-state index in [2.05, 4.69) is 14.9 Å². The smallest absolute Gasteiger partial charge is 0.258 e. The number of rotatable bonds is 6. The molecule has 3 N–H and O–H groups in total. The van der Waals surface area contributed by atoms with Crippen LogP contribution in [-0.2, 0) is 23.1 Å². The van der Waals surface area contributed by atoms with Crippen molar-refractivity contribution in [1.82, 2.24) is 14.9 Å². The molecule has 0 amide bonds. The molecule has 0 saturated carbocycles. The Bertz CT molecular complexity index is 618. The molecule has 1 atom stereocenters. The highest BCUT2D eigenvalue weighted by Gasteiger charge is 2.23. The van der Waals surface area contributed by atoms with Gasteiger partial charge in [0.1, 0.15) is 5.76 Å². The molecule has 0 spiro atoms. The average Bonchev–Trinajstić information content (AvgIpc) is 2.97. The summed E-state index contributed by atoms with van der Waals surface area (Å²) in [7, 11) is -3.73. The van der Waals surface area contributed by atoms with Crippen LogP contribution in [0.15, 0.2) is 34.0 Å². The van der Waals surface area contributed by atoms with Crippen molar-refractivity contribution in [2.24, 2.45) is 0 Å². The number of hydrogen-bond acceptors (Lipinski definition) is 5. The van der Waals surface area contributed by atoms with E-state index < -0.39 is 10.0 Å². The minimum absolute atomic E-state index is 0.110. The summed E-state index contributed by atoms with van der Waals surface area (Å²) in [5, 5.41) is 14.9. The highest BCUT2D eigenvalue weighted by atomic mass is 32.2. The van der Waals surface area contributed by atoms with Crippen LogP contribution in [0.25, 0.3) is 0 Å². The third kappa shape index (κ3) is 3.22. The van der Waals surface area contributed by atoms with Gasteiger partial charge in [-0.3, -0.25) is 5.10 Å². The van der Waals surface area contributed by atoms with Crippen molar-refractivity contribution in [3.8, 4) is 0 Å². The summed E-state index contributed by atoms with van der Waals surface area (Å²) < 4.78 is 31.8. The van der Waals surface area contributed by atoms with Gasteiger partial charge in [0.15, 0.2) is 5.03 Å². The average molecular weight is 285 g/mol. The maximum Gasteiger partial charge on any atom is 0.258 e. The standard InChI is InChI=1S/C11H15N3O4S/c1-8(5-10-3-2-4-18-10)14-19(16,17)11-9(7-15)6-12-13-11/h2-4,6,8,14-15H,5,7H2,1H3,(H,12,13). The van der Waals surface area contributed by atoms with Crippen LogP contribution in [0, 0.1) is 0 Å². The molecule has 0 aromatic carbocycles. The van der Waals surface area contributed by atoms with E-state index in [0.29, 0.717) is 12.2 Å². The second-order valence-electron chi connectivity index (χ2n) is 4.19. The molecule has 19 heavy (non-hydrogen) atoms. The molecule has 0 aliphatic carbocycles. The van der Waals surface area contributed by atoms with Crippen LogP contribution in [-0.4, -0.2) is 29.8 Å². The van der Waals surface area contributed by atoms with Crippen molar-refractivity contribution in [3.05, 3.63) is 35.9 Å². The summed E-state index contributed by atoms with van der Waals surface area (Å²) >= 11 is 0. The number of nitrogens with one attached hydrogen (secondary N) is 2. The van der Waals surface area contributed by atoms with E-state index in [0.717, 1.165) is 0 Å². The van der Waals surface area contributed by atoms with Crippen LogP contribution in [0.4, 0.5) is 0 Å². The summed E-state index contributed by atoms with van der Waals surface area (Å²) in [4.78, 5) is 0. The summed E-state index contributed by atoms with van der Waals surface area (Å²) in [6.45, 7) is 1.34. The number of nitrogens with zero attached hydrogens (tertiary/aromatic N) is 1. The lowest BCUT2D eigenvalue weighted by atomic mass is 10.2. The Balaban J connectivity index is 2.09. The van der Waals surface area contributed by atoms with Crippen LogP contribution in [0.2, 0.25) is 0 Å². The SMILES string of the molecule is CC(Cc1ccco1)NS(=O)(=O)c1[nH]ncc1CO. The quantitative estimate of drug-likeness (QED) is 0.712. The summed E-state index contributed by atoms with van der Waals surface area (Å²) in [5.41, 5.74) is 0.234. The number of hydrogen-bond donors (Lipinski definition) is 3. The van der Waals surface area contributed by atoms with Crippen molar-refractivity contribution in [2.75, 3.05) is 0 Å². The Kier molecular flexibility index (Phi) is 4.03. The van der Waals surface area contributed by atoms with Gasteiger partial charge in [-0.15, -0.1) is 0 Å². The van der Waals surface area contributed by atoms with Gasteiger partial charge < -0.3 is 9.52 Å². The molecule has 0 saturated heterocycles. The highest BCUT2D eigenvalue weighted by molar-refractivity contribution is 7.89. The molecule has 2 rings (SSSR count). The molecule has 2 aromatic heterocycles. The Morgan fingerprint density at radius 1 is 1.58 bits per heavy atom. The Morgan fingerprint density at radius 2 is 2.37 bits per heavy atom. The minimum Gasteiger partial charge on any atom is -0.469 e. The molecule has 0 aliphatic heterocycles. The number of H-pyrrole nitrogens is 1. The number of aliphatic hydroxyl groups excluding tert-OH is 1. The maximum absolute atomic E-state index is 12.1. The van der Waals surface area contributed by atoms with E-state index in [9.17, 15) is 8.42 Å². The molecule has 1 unspecified atom stereocenters. The van der Waals surface area contributed by atoms with Crippen molar-refractivity contribution in [2.45, 2.75) is 31.0 Å². The zero-order chi connectivity index (χ0) is 13.9. The molecule has 0 bridgehead atoms. The lowest BCUT2D eigenvalue weighted by Crippen LogP contribution is -2.34. The zero-order valence-corrected chi connectivity index (χ0v) is 11.1. The summed E-state index contributed by atoms with van der Waals surface area (Å²) in [5.74, 6) is 0.696. The number of sulfonamides is 1. The van der Waals surface area contributed by atoms with Gasteiger partial charge in [0.25, 0.3) is 10.0 Å². The molecular weight excluding hydrogens is 270 g/mol. The number of aromatic nitrogens is 2. The van der Waals surface area contributed by atoms with Gasteiger partial charge in [0.05, 0.1) is 19.1 Å². The van der Waals surface area contributed by atoms with Gasteiger partial charge in [-0.05, 0) is 19.1 Å². The molecule has 104 valence electrons. The minimum atomic E-state index is -3.73. The fourth-order valence-corrected chi connectivity index (χ4v) is 3.11. The third-order valence-corrected chi connectivity index (χ3v) is 4.16. The molecule has 8 heteroatoms. The first kappa shape index (κ1) is 13.8. The predicted octanol–water partition coefficient (Wildman–Crippen LogP) is 0.404. The second kappa shape index (κ2) is 5.55. The molecular formula is C11H15N3O4S. The van der Waals surface area contributed by atoms with E-state index in [1.165, 1.54) is 12.5 Å². The van der Waals surface area contributed by atoms with Gasteiger partial charge in [-0.1, -0.05) is 0 Å². The highest BCUT2D eigenvalue weighted by Crippen LogP contribution is 2.13. The van der Waals surface area contributed by atoms with E-state index in [-0.39, 0.29) is 23.2 Å². The first-order valence-electron chi connectivity index (χ1n) is 5.70. The normalized spacial score (nSPS) is 13.6. The fourth-order valence-electron chi connectivity index (χ4n) is 1.74. The molecule has 7 nitrogen and oxygen atoms in total. The van der Waals surface area contributed by atoms with Crippen molar-refractivity contribution in [1.29, 1.82) is 0 Å². The van der Waals surface area contributed by atoms with E-state index in [4.69, 9.17) is 9.52 Å². The van der Waals surface area contributed by atoms with Crippen LogP contribution in [0.5, 0.6) is 0 Å². The molecule has 2 aromatic rings. The van der Waals surface area contributed by atoms with Crippen molar-refractivity contribution < 1.29 is 17.9 Å². The van der Waals surface area contributed by atoms with Crippen LogP contribution in [0.3, 0.4) is 0 Å². The monoisotopic (exact) mass is 285 g/mol. The van der Waals surface area contributed by atoms with E-state index in [1.54, 1.807) is 19.1 Å². The lowest BCUT2D eigenvalue weighted by Gasteiger charge is -2.12. The van der Waals surface area contributed by atoms with E-state index >= 15 is 0 Å². The van der Waals surface area contributed by atoms with Crippen molar-refractivity contribution >= 4 is 10.0 Å². The topological polar surface area (TPSA) is 108 Å². The first-order valence-corrected chi connectivity index (χ1v) is 7.19. The maximum atomic E-state index is 12.1. The van der Waals surface area contributed by atoms with Crippen molar-refractivity contribution in [3.63, 3.8) is 0 Å². The van der Waals surface area contributed by atoms with Crippen LogP contribution >= 0.6 is 0 Å². The zero-order valence-electron chi connectivity index (χ0n) is 10.3. The van der Waals surface area contributed by atoms with Gasteiger partial charge in [-0.25, -0.2) is 13.1 Å². The number of furan rings is 1. The third-order valence-electron chi connectivity index (χ3n) is 2.56. The van der Waals surface area contributed by atoms with Gasteiger partial charge in [0, 0.05) is 18.0 Å². The fraction of sp³-hybridized carbons (Fsp3) is 0.364. The summed E-state index contributed by atoms with van der Waals surface area (Å²) in [6, 6.07) is 3.18. The molecule has 2 heterocycles. The largest absolute Gasteiger partial charge is 0.469 e. The van der Waals surface area contributed by atoms with Crippen LogP contribution < -0.4 is 4.72 Å². The lowest BCUT2D eigenvalue weighted by molar-refractivity contribution is 0.278. The molecule has 0 aliphatic rings. The van der Waals surface area contributed by atoms with Gasteiger partial charge in [-0.2, -0.15) is 5.10 Å². The van der Waals surface area contributed by atoms with Gasteiger partial charge >= 0.3 is 0 Å². The van der Waals surface area contributed by atoms with Gasteiger partial charge in [0.2, 0.25) is 0 Å².